The van der Waals surface area contributed by atoms with Crippen LogP contribution in [0.15, 0.2) is 61.8 Å². The first kappa shape index (κ1) is 23.4. The van der Waals surface area contributed by atoms with Crippen molar-refractivity contribution in [1.29, 1.82) is 5.26 Å². The van der Waals surface area contributed by atoms with E-state index in [1.54, 1.807) is 12.3 Å². The van der Waals surface area contributed by atoms with E-state index >= 15 is 0 Å². The van der Waals surface area contributed by atoms with Gasteiger partial charge in [-0.1, -0.05) is 44.2 Å². The molecule has 0 amide bonds. The van der Waals surface area contributed by atoms with Crippen molar-refractivity contribution in [2.24, 2.45) is 23.7 Å². The Morgan fingerprint density at radius 2 is 1.94 bits per heavy atom. The van der Waals surface area contributed by atoms with Crippen molar-refractivity contribution < 1.29 is 14.6 Å². The first-order valence-corrected chi connectivity index (χ1v) is 10.9. The number of cyclic esters (lactones) is 1. The minimum absolute atomic E-state index is 0.0148. The second-order valence-corrected chi connectivity index (χ2v) is 8.67. The summed E-state index contributed by atoms with van der Waals surface area (Å²) in [5.74, 6) is -0.215. The number of nitrogens with zero attached hydrogens (tertiary/aromatic N) is 2. The van der Waals surface area contributed by atoms with Crippen molar-refractivity contribution in [2.45, 2.75) is 38.9 Å². The lowest BCUT2D eigenvalue weighted by atomic mass is 9.60. The number of aliphatic hydroxyl groups is 1. The highest BCUT2D eigenvalue weighted by Crippen LogP contribution is 2.51. The molecule has 0 radical (unpaired) electrons. The second-order valence-electron chi connectivity index (χ2n) is 8.67. The molecule has 1 aliphatic carbocycles. The molecule has 0 bridgehead atoms. The molecule has 0 spiro atoms. The number of rotatable bonds is 3. The molecule has 2 fully saturated rings. The van der Waals surface area contributed by atoms with Crippen molar-refractivity contribution in [1.82, 2.24) is 4.98 Å². The van der Waals surface area contributed by atoms with E-state index in [4.69, 9.17) is 4.74 Å². The number of carbonyl (C=O) groups excluding carboxylic acids is 1. The summed E-state index contributed by atoms with van der Waals surface area (Å²) in [5, 5.41) is 20.4. The van der Waals surface area contributed by atoms with Crippen LogP contribution in [0.5, 0.6) is 0 Å². The smallest absolute Gasteiger partial charge is 0.338 e. The van der Waals surface area contributed by atoms with E-state index in [0.29, 0.717) is 17.9 Å². The molecule has 5 heteroatoms. The molecule has 6 atom stereocenters. The molecule has 1 saturated carbocycles. The first-order valence-electron chi connectivity index (χ1n) is 10.9. The summed E-state index contributed by atoms with van der Waals surface area (Å²) in [6, 6.07) is 13.5. The molecule has 1 unspecified atom stereocenters. The lowest BCUT2D eigenvalue weighted by Gasteiger charge is -2.44. The Balaban J connectivity index is 0.00000141. The maximum Gasteiger partial charge on any atom is 0.338 e. The number of aromatic nitrogens is 1. The number of carbonyl (C=O) groups is 1. The number of nitriles is 1. The molecule has 2 heterocycles. The Labute approximate surface area is 190 Å². The third-order valence-corrected chi connectivity index (χ3v) is 6.89. The van der Waals surface area contributed by atoms with Crippen molar-refractivity contribution >= 4 is 12.0 Å². The molecule has 32 heavy (non-hydrogen) atoms. The molecule has 1 saturated heterocycles. The topological polar surface area (TPSA) is 83.2 Å². The third kappa shape index (κ3) is 4.11. The molecule has 4 rings (SSSR count). The average molecular weight is 431 g/mol. The zero-order valence-electron chi connectivity index (χ0n) is 18.9. The molecule has 5 nitrogen and oxygen atoms in total. The first-order chi connectivity index (χ1) is 15.3. The van der Waals surface area contributed by atoms with Crippen LogP contribution in [0.4, 0.5) is 0 Å². The van der Waals surface area contributed by atoms with Gasteiger partial charge in [-0.05, 0) is 49.3 Å². The van der Waals surface area contributed by atoms with E-state index in [1.165, 1.54) is 0 Å². The van der Waals surface area contributed by atoms with Crippen LogP contribution in [0, 0.1) is 35.0 Å². The zero-order valence-corrected chi connectivity index (χ0v) is 18.9. The summed E-state index contributed by atoms with van der Waals surface area (Å²) in [6.07, 6.45) is 5.92. The number of ether oxygens (including phenoxy) is 1. The summed E-state index contributed by atoms with van der Waals surface area (Å²) in [4.78, 5) is 16.8. The fraction of sp³-hybridized carbons (Fsp3) is 0.370. The van der Waals surface area contributed by atoms with Crippen LogP contribution in [0.25, 0.3) is 17.2 Å². The van der Waals surface area contributed by atoms with Crippen LogP contribution in [0.3, 0.4) is 0 Å². The van der Waals surface area contributed by atoms with Gasteiger partial charge >= 0.3 is 5.97 Å². The SMILES string of the molecule is C=C.CC1[C@@H](C)C[C@@]2(O)C(=O)O[C@H](C)[C@H]2[C@H]1/C=C/c1ccc(-c2ccccc2C#N)cn1. The third-order valence-electron chi connectivity index (χ3n) is 6.89. The Kier molecular flexibility index (Phi) is 6.96. The van der Waals surface area contributed by atoms with E-state index in [2.05, 4.69) is 44.1 Å². The summed E-state index contributed by atoms with van der Waals surface area (Å²) >= 11 is 0. The Morgan fingerprint density at radius 3 is 2.59 bits per heavy atom. The minimum Gasteiger partial charge on any atom is -0.460 e. The van der Waals surface area contributed by atoms with Gasteiger partial charge < -0.3 is 9.84 Å². The van der Waals surface area contributed by atoms with Crippen molar-refractivity contribution in [2.75, 3.05) is 0 Å². The Morgan fingerprint density at radius 1 is 1.22 bits per heavy atom. The highest BCUT2D eigenvalue weighted by atomic mass is 16.6. The molecule has 2 aromatic rings. The predicted molar refractivity (Wildman–Crippen MR) is 125 cm³/mol. The van der Waals surface area contributed by atoms with Crippen LogP contribution in [0.1, 0.15) is 38.4 Å². The number of hydrogen-bond acceptors (Lipinski definition) is 5. The Hall–Kier alpha value is -3.23. The van der Waals surface area contributed by atoms with Gasteiger partial charge in [-0.2, -0.15) is 5.26 Å². The van der Waals surface area contributed by atoms with Gasteiger partial charge in [0.05, 0.1) is 17.3 Å². The summed E-state index contributed by atoms with van der Waals surface area (Å²) in [7, 11) is 0. The van der Waals surface area contributed by atoms with Gasteiger partial charge in [0.25, 0.3) is 0 Å². The van der Waals surface area contributed by atoms with E-state index in [1.807, 2.05) is 43.3 Å². The predicted octanol–water partition coefficient (Wildman–Crippen LogP) is 5.02. The molecule has 1 N–H and O–H groups in total. The van der Waals surface area contributed by atoms with Crippen LogP contribution < -0.4 is 0 Å². The van der Waals surface area contributed by atoms with Crippen molar-refractivity contribution in [3.05, 3.63) is 73.1 Å². The fourth-order valence-electron chi connectivity index (χ4n) is 5.10. The summed E-state index contributed by atoms with van der Waals surface area (Å²) in [5.41, 5.74) is 1.75. The summed E-state index contributed by atoms with van der Waals surface area (Å²) in [6.45, 7) is 12.1. The van der Waals surface area contributed by atoms with Gasteiger partial charge in [-0.25, -0.2) is 4.79 Å². The average Bonchev–Trinajstić information content (AvgIpc) is 3.03. The van der Waals surface area contributed by atoms with E-state index in [0.717, 1.165) is 16.8 Å². The monoisotopic (exact) mass is 430 g/mol. The second kappa shape index (κ2) is 9.50. The molecule has 1 aliphatic heterocycles. The van der Waals surface area contributed by atoms with Crippen molar-refractivity contribution in [3.8, 4) is 17.2 Å². The molecule has 166 valence electrons. The number of esters is 1. The number of allylic oxidation sites excluding steroid dienone is 1. The van der Waals surface area contributed by atoms with Gasteiger partial charge in [0.2, 0.25) is 0 Å². The lowest BCUT2D eigenvalue weighted by Crippen LogP contribution is -2.52. The maximum atomic E-state index is 12.3. The van der Waals surface area contributed by atoms with Crippen LogP contribution >= 0.6 is 0 Å². The normalized spacial score (nSPS) is 31.2. The van der Waals surface area contributed by atoms with E-state index in [-0.39, 0.29) is 23.9 Å². The van der Waals surface area contributed by atoms with Crippen LogP contribution in [-0.4, -0.2) is 27.8 Å². The highest BCUT2D eigenvalue weighted by molar-refractivity contribution is 5.82. The number of fused-ring (bicyclic) bond motifs is 1. The Bertz CT molecular complexity index is 1040. The van der Waals surface area contributed by atoms with Gasteiger partial charge in [0, 0.05) is 23.2 Å². The fourth-order valence-corrected chi connectivity index (χ4v) is 5.10. The molecule has 1 aromatic carbocycles. The molecule has 2 aliphatic rings. The highest BCUT2D eigenvalue weighted by Gasteiger charge is 2.61. The van der Waals surface area contributed by atoms with E-state index in [9.17, 15) is 15.2 Å². The van der Waals surface area contributed by atoms with Crippen LogP contribution in [0.2, 0.25) is 0 Å². The van der Waals surface area contributed by atoms with Crippen molar-refractivity contribution in [3.63, 3.8) is 0 Å². The largest absolute Gasteiger partial charge is 0.460 e. The van der Waals surface area contributed by atoms with Gasteiger partial charge in [0.1, 0.15) is 6.10 Å². The quantitative estimate of drug-likeness (QED) is 0.546. The summed E-state index contributed by atoms with van der Waals surface area (Å²) < 4.78 is 5.41. The lowest BCUT2D eigenvalue weighted by molar-refractivity contribution is -0.160. The standard InChI is InChI=1S/C25H26N2O3.C2H4/c1-15-12-25(29)23(17(3)30-24(25)28)21(16(15)2)11-10-20-9-8-19(14-27-20)22-7-5-4-6-18(22)13-26;1-2/h4-11,14-17,21,23,29H,12H2,1-3H3;1-2H2/b11-10+;/t15-,16?,17+,21-,23-,25-;/m0./s1. The maximum absolute atomic E-state index is 12.3. The van der Waals surface area contributed by atoms with Gasteiger partial charge in [0.15, 0.2) is 5.60 Å². The molecule has 1 aromatic heterocycles. The number of hydrogen-bond donors (Lipinski definition) is 1. The molecular formula is C27H30N2O3. The molecular weight excluding hydrogens is 400 g/mol. The van der Waals surface area contributed by atoms with E-state index < -0.39 is 11.6 Å². The van der Waals surface area contributed by atoms with Gasteiger partial charge in [-0.3, -0.25) is 4.98 Å². The number of pyridine rings is 1. The number of benzene rings is 1. The minimum atomic E-state index is -1.40. The van der Waals surface area contributed by atoms with Crippen LogP contribution in [-0.2, 0) is 9.53 Å². The zero-order chi connectivity index (χ0) is 23.5. The van der Waals surface area contributed by atoms with Gasteiger partial charge in [-0.15, -0.1) is 13.2 Å².